The summed E-state index contributed by atoms with van der Waals surface area (Å²) < 4.78 is 5.44. The van der Waals surface area contributed by atoms with Gasteiger partial charge in [-0.2, -0.15) is 11.8 Å². The highest BCUT2D eigenvalue weighted by Crippen LogP contribution is 2.29. The number of thioether (sulfide) groups is 1. The summed E-state index contributed by atoms with van der Waals surface area (Å²) in [5, 5.41) is 15.8. The number of anilines is 2. The van der Waals surface area contributed by atoms with E-state index in [-0.39, 0.29) is 5.91 Å². The van der Waals surface area contributed by atoms with Gasteiger partial charge in [-0.3, -0.25) is 4.79 Å². The van der Waals surface area contributed by atoms with Crippen LogP contribution in [0.1, 0.15) is 27.9 Å². The van der Waals surface area contributed by atoms with Crippen molar-refractivity contribution in [3.8, 4) is 11.1 Å². The molecule has 3 aromatic rings. The van der Waals surface area contributed by atoms with Crippen molar-refractivity contribution in [3.05, 3.63) is 83.4 Å². The smallest absolute Gasteiger partial charge is 0.326 e. The van der Waals surface area contributed by atoms with E-state index in [9.17, 15) is 14.7 Å². The number of ether oxygens (including phenoxy) is 1. The summed E-state index contributed by atoms with van der Waals surface area (Å²) >= 11 is 1.56. The van der Waals surface area contributed by atoms with Gasteiger partial charge in [0.2, 0.25) is 0 Å². The molecular weight excluding hydrogens is 498 g/mol. The third kappa shape index (κ3) is 7.08. The molecule has 1 aliphatic heterocycles. The van der Waals surface area contributed by atoms with E-state index in [2.05, 4.69) is 39.8 Å². The molecule has 1 atom stereocenters. The number of nitrogens with one attached hydrogen (secondary N) is 2. The normalized spacial score (nSPS) is 14.1. The third-order valence-corrected chi connectivity index (χ3v) is 7.36. The van der Waals surface area contributed by atoms with Crippen LogP contribution in [-0.4, -0.2) is 61.3 Å². The molecule has 0 saturated carbocycles. The monoisotopic (exact) mass is 533 g/mol. The van der Waals surface area contributed by atoms with E-state index >= 15 is 0 Å². The number of nitrogens with zero attached hydrogens (tertiary/aromatic N) is 1. The van der Waals surface area contributed by atoms with Crippen LogP contribution in [0.15, 0.2) is 66.7 Å². The topological polar surface area (TPSA) is 90.9 Å². The Morgan fingerprint density at radius 1 is 1.03 bits per heavy atom. The van der Waals surface area contributed by atoms with Crippen LogP contribution in [0.4, 0.5) is 11.4 Å². The van der Waals surface area contributed by atoms with Gasteiger partial charge in [0.05, 0.1) is 13.2 Å². The fraction of sp³-hybridized carbons (Fsp3) is 0.333. The molecule has 8 heteroatoms. The molecule has 0 aromatic heterocycles. The zero-order chi connectivity index (χ0) is 26.9. The minimum atomic E-state index is -1.02. The molecule has 0 bridgehead atoms. The van der Waals surface area contributed by atoms with E-state index in [1.54, 1.807) is 17.8 Å². The predicted molar refractivity (Wildman–Crippen MR) is 155 cm³/mol. The van der Waals surface area contributed by atoms with Gasteiger partial charge in [0.1, 0.15) is 6.04 Å². The summed E-state index contributed by atoms with van der Waals surface area (Å²) in [6.07, 6.45) is 2.29. The molecule has 1 fully saturated rings. The average Bonchev–Trinajstić information content (AvgIpc) is 2.95. The summed E-state index contributed by atoms with van der Waals surface area (Å²) in [6, 6.07) is 21.1. The molecule has 1 heterocycles. The highest BCUT2D eigenvalue weighted by Gasteiger charge is 2.22. The Morgan fingerprint density at radius 2 is 1.76 bits per heavy atom. The molecule has 0 radical (unpaired) electrons. The Labute approximate surface area is 228 Å². The van der Waals surface area contributed by atoms with Crippen LogP contribution in [0.3, 0.4) is 0 Å². The van der Waals surface area contributed by atoms with Crippen LogP contribution >= 0.6 is 11.8 Å². The van der Waals surface area contributed by atoms with Crippen molar-refractivity contribution in [3.63, 3.8) is 0 Å². The Morgan fingerprint density at radius 3 is 2.45 bits per heavy atom. The minimum absolute atomic E-state index is 0.369. The fourth-order valence-electron chi connectivity index (χ4n) is 4.54. The van der Waals surface area contributed by atoms with Crippen LogP contribution in [0.2, 0.25) is 0 Å². The number of carbonyl (C=O) groups is 2. The molecule has 0 aliphatic carbocycles. The van der Waals surface area contributed by atoms with E-state index in [1.807, 2.05) is 49.6 Å². The van der Waals surface area contributed by atoms with Crippen LogP contribution in [0, 0.1) is 6.92 Å². The van der Waals surface area contributed by atoms with Gasteiger partial charge in [0.25, 0.3) is 5.91 Å². The summed E-state index contributed by atoms with van der Waals surface area (Å²) in [4.78, 5) is 27.3. The van der Waals surface area contributed by atoms with Gasteiger partial charge in [-0.1, -0.05) is 30.3 Å². The number of amides is 1. The molecule has 1 aliphatic rings. The van der Waals surface area contributed by atoms with Crippen molar-refractivity contribution in [1.29, 1.82) is 0 Å². The molecule has 38 heavy (non-hydrogen) atoms. The molecule has 3 N–H and O–H groups in total. The van der Waals surface area contributed by atoms with Crippen LogP contribution in [0.25, 0.3) is 11.1 Å². The van der Waals surface area contributed by atoms with Crippen molar-refractivity contribution in [2.45, 2.75) is 25.9 Å². The zero-order valence-electron chi connectivity index (χ0n) is 21.9. The first-order valence-electron chi connectivity index (χ1n) is 12.8. The van der Waals surface area contributed by atoms with Crippen molar-refractivity contribution in [1.82, 2.24) is 5.32 Å². The standard InChI is InChI=1S/C30H35N3O4S/c1-21-5-3-4-6-25(21)27-19-22(7-12-26(27)29(34)32-28(30(35)36)13-18-38-2)20-31-23-8-10-24(11-9-23)33-14-16-37-17-15-33/h3-12,19,28,31H,13-18,20H2,1-2H3,(H,32,34)(H,35,36). The number of rotatable bonds is 11. The van der Waals surface area contributed by atoms with Crippen molar-refractivity contribution >= 4 is 35.0 Å². The second kappa shape index (κ2) is 13.3. The zero-order valence-corrected chi connectivity index (χ0v) is 22.7. The molecule has 4 rings (SSSR count). The number of hydrogen-bond donors (Lipinski definition) is 3. The number of morpholine rings is 1. The highest BCUT2D eigenvalue weighted by atomic mass is 32.2. The van der Waals surface area contributed by atoms with Crippen molar-refractivity contribution in [2.24, 2.45) is 0 Å². The number of carboxylic acid groups (broad SMARTS) is 1. The van der Waals surface area contributed by atoms with E-state index in [0.29, 0.717) is 24.3 Å². The number of aryl methyl sites for hydroxylation is 1. The van der Waals surface area contributed by atoms with E-state index in [1.165, 1.54) is 5.69 Å². The molecule has 1 amide bonds. The molecule has 1 unspecified atom stereocenters. The molecule has 200 valence electrons. The van der Waals surface area contributed by atoms with E-state index in [0.717, 1.165) is 54.2 Å². The number of carbonyl (C=O) groups excluding carboxylic acids is 1. The fourth-order valence-corrected chi connectivity index (χ4v) is 5.01. The van der Waals surface area contributed by atoms with Crippen molar-refractivity contribution in [2.75, 3.05) is 48.5 Å². The van der Waals surface area contributed by atoms with Gasteiger partial charge in [-0.05, 0) is 84.0 Å². The van der Waals surface area contributed by atoms with E-state index < -0.39 is 12.0 Å². The maximum absolute atomic E-state index is 13.3. The predicted octanol–water partition coefficient (Wildman–Crippen LogP) is 5.05. The van der Waals surface area contributed by atoms with Gasteiger partial charge in [0.15, 0.2) is 0 Å². The quantitative estimate of drug-likeness (QED) is 0.318. The van der Waals surface area contributed by atoms with E-state index in [4.69, 9.17) is 4.74 Å². The van der Waals surface area contributed by atoms with Crippen molar-refractivity contribution < 1.29 is 19.4 Å². The molecular formula is C30H35N3O4S. The minimum Gasteiger partial charge on any atom is -0.480 e. The molecule has 1 saturated heterocycles. The Kier molecular flexibility index (Phi) is 9.67. The number of hydrogen-bond acceptors (Lipinski definition) is 6. The lowest BCUT2D eigenvalue weighted by molar-refractivity contribution is -0.139. The van der Waals surface area contributed by atoms with Crippen LogP contribution < -0.4 is 15.5 Å². The number of benzene rings is 3. The van der Waals surface area contributed by atoms with Gasteiger partial charge in [-0.15, -0.1) is 0 Å². The lowest BCUT2D eigenvalue weighted by atomic mass is 9.93. The first-order valence-corrected chi connectivity index (χ1v) is 14.2. The highest BCUT2D eigenvalue weighted by molar-refractivity contribution is 7.98. The second-order valence-corrected chi connectivity index (χ2v) is 10.3. The van der Waals surface area contributed by atoms with Crippen LogP contribution in [0.5, 0.6) is 0 Å². The number of carboxylic acids is 1. The third-order valence-electron chi connectivity index (χ3n) is 6.72. The van der Waals surface area contributed by atoms with Gasteiger partial charge < -0.3 is 25.4 Å². The number of aliphatic carboxylic acids is 1. The largest absolute Gasteiger partial charge is 0.480 e. The second-order valence-electron chi connectivity index (χ2n) is 9.34. The summed E-state index contributed by atoms with van der Waals surface area (Å²) in [7, 11) is 0. The average molecular weight is 534 g/mol. The molecule has 7 nitrogen and oxygen atoms in total. The van der Waals surface area contributed by atoms with Crippen LogP contribution in [-0.2, 0) is 16.1 Å². The van der Waals surface area contributed by atoms with Gasteiger partial charge in [-0.25, -0.2) is 4.79 Å². The summed E-state index contributed by atoms with van der Waals surface area (Å²) in [5.74, 6) is -0.750. The van der Waals surface area contributed by atoms with Gasteiger partial charge >= 0.3 is 5.97 Å². The lowest BCUT2D eigenvalue weighted by Gasteiger charge is -2.29. The SMILES string of the molecule is CSCCC(NC(=O)c1ccc(CNc2ccc(N3CCOCC3)cc2)cc1-c1ccccc1C)C(=O)O. The van der Waals surface area contributed by atoms with Gasteiger partial charge in [0, 0.05) is 36.6 Å². The first kappa shape index (κ1) is 27.5. The summed E-state index contributed by atoms with van der Waals surface area (Å²) in [6.45, 7) is 5.91. The molecule has 0 spiro atoms. The Bertz CT molecular complexity index is 1240. The lowest BCUT2D eigenvalue weighted by Crippen LogP contribution is -2.41. The molecule has 3 aromatic carbocycles. The maximum atomic E-state index is 13.3. The Hall–Kier alpha value is -3.49. The first-order chi connectivity index (χ1) is 18.5. The Balaban J connectivity index is 1.53. The summed E-state index contributed by atoms with van der Waals surface area (Å²) in [5.41, 5.74) is 6.47. The maximum Gasteiger partial charge on any atom is 0.326 e.